The quantitative estimate of drug-likeness (QED) is 0.687. The number of carbonyl (C=O) groups excluding carboxylic acids is 1. The largest absolute Gasteiger partial charge is 0.380 e. The Hall–Kier alpha value is -1.39. The maximum absolute atomic E-state index is 11.5. The zero-order valence-corrected chi connectivity index (χ0v) is 11.2. The molecule has 4 nitrogen and oxygen atoms in total. The average molecular weight is 250 g/mol. The second-order valence-electron chi connectivity index (χ2n) is 4.23. The summed E-state index contributed by atoms with van der Waals surface area (Å²) in [7, 11) is 3.57. The van der Waals surface area contributed by atoms with Crippen molar-refractivity contribution >= 4 is 5.91 Å². The van der Waals surface area contributed by atoms with Gasteiger partial charge >= 0.3 is 0 Å². The molecule has 0 bridgehead atoms. The second-order valence-corrected chi connectivity index (χ2v) is 4.23. The lowest BCUT2D eigenvalue weighted by Gasteiger charge is -2.06. The van der Waals surface area contributed by atoms with Crippen LogP contribution in [0.15, 0.2) is 24.3 Å². The summed E-state index contributed by atoms with van der Waals surface area (Å²) in [5.74, 6) is 0.103. The maximum Gasteiger partial charge on any atom is 0.220 e. The normalized spacial score (nSPS) is 10.3. The van der Waals surface area contributed by atoms with Gasteiger partial charge in [0.2, 0.25) is 5.91 Å². The number of amides is 1. The average Bonchev–Trinajstić information content (AvgIpc) is 2.39. The van der Waals surface area contributed by atoms with E-state index < -0.39 is 0 Å². The molecule has 0 aliphatic heterocycles. The van der Waals surface area contributed by atoms with Crippen molar-refractivity contribution in [2.75, 3.05) is 20.7 Å². The molecule has 18 heavy (non-hydrogen) atoms. The molecule has 1 rings (SSSR count). The lowest BCUT2D eigenvalue weighted by molar-refractivity contribution is -0.121. The predicted molar refractivity (Wildman–Crippen MR) is 72.2 cm³/mol. The van der Waals surface area contributed by atoms with E-state index in [4.69, 9.17) is 4.74 Å². The van der Waals surface area contributed by atoms with Gasteiger partial charge in [0.15, 0.2) is 0 Å². The van der Waals surface area contributed by atoms with Crippen molar-refractivity contribution in [2.45, 2.75) is 26.0 Å². The molecular weight excluding hydrogens is 228 g/mol. The first-order valence-corrected chi connectivity index (χ1v) is 6.24. The Morgan fingerprint density at radius 3 is 2.50 bits per heavy atom. The van der Waals surface area contributed by atoms with Crippen molar-refractivity contribution in [3.63, 3.8) is 0 Å². The zero-order chi connectivity index (χ0) is 13.2. The molecule has 0 aromatic heterocycles. The third kappa shape index (κ3) is 5.80. The molecule has 1 aromatic rings. The zero-order valence-electron chi connectivity index (χ0n) is 11.2. The van der Waals surface area contributed by atoms with E-state index in [1.807, 2.05) is 31.3 Å². The fraction of sp³-hybridized carbons (Fsp3) is 0.500. The highest BCUT2D eigenvalue weighted by atomic mass is 16.5. The van der Waals surface area contributed by atoms with Gasteiger partial charge in [-0.2, -0.15) is 0 Å². The summed E-state index contributed by atoms with van der Waals surface area (Å²) < 4.78 is 5.05. The van der Waals surface area contributed by atoms with Crippen molar-refractivity contribution in [3.05, 3.63) is 35.4 Å². The Balaban J connectivity index is 2.27. The summed E-state index contributed by atoms with van der Waals surface area (Å²) in [6.45, 7) is 2.08. The molecule has 0 spiro atoms. The summed E-state index contributed by atoms with van der Waals surface area (Å²) in [6.07, 6.45) is 1.44. The minimum absolute atomic E-state index is 0.103. The van der Waals surface area contributed by atoms with Crippen LogP contribution in [0.5, 0.6) is 0 Å². The van der Waals surface area contributed by atoms with Gasteiger partial charge in [0.05, 0.1) is 6.61 Å². The standard InChI is InChI=1S/C14H22N2O2/c1-15-9-3-4-14(17)16-10-12-5-7-13(8-6-12)11-18-2/h5-8,15H,3-4,9-11H2,1-2H3,(H,16,17). The molecule has 0 aliphatic carbocycles. The number of rotatable bonds is 8. The Bertz CT molecular complexity index is 349. The number of carbonyl (C=O) groups is 1. The number of ether oxygens (including phenoxy) is 1. The van der Waals surface area contributed by atoms with Crippen molar-refractivity contribution in [2.24, 2.45) is 0 Å². The first kappa shape index (κ1) is 14.7. The van der Waals surface area contributed by atoms with Crippen LogP contribution >= 0.6 is 0 Å². The minimum Gasteiger partial charge on any atom is -0.380 e. The molecule has 0 heterocycles. The Morgan fingerprint density at radius 1 is 1.22 bits per heavy atom. The molecular formula is C14H22N2O2. The van der Waals surface area contributed by atoms with Gasteiger partial charge in [0.1, 0.15) is 0 Å². The molecule has 0 saturated carbocycles. The van der Waals surface area contributed by atoms with Gasteiger partial charge in [-0.25, -0.2) is 0 Å². The van der Waals surface area contributed by atoms with E-state index in [0.717, 1.165) is 24.1 Å². The fourth-order valence-corrected chi connectivity index (χ4v) is 1.63. The number of nitrogens with one attached hydrogen (secondary N) is 2. The van der Waals surface area contributed by atoms with E-state index in [1.165, 1.54) is 0 Å². The molecule has 100 valence electrons. The fourth-order valence-electron chi connectivity index (χ4n) is 1.63. The molecule has 0 unspecified atom stereocenters. The summed E-state index contributed by atoms with van der Waals surface area (Å²) in [4.78, 5) is 11.5. The van der Waals surface area contributed by atoms with Crippen molar-refractivity contribution in [1.29, 1.82) is 0 Å². The highest BCUT2D eigenvalue weighted by Crippen LogP contribution is 2.05. The molecule has 2 N–H and O–H groups in total. The number of hydrogen-bond donors (Lipinski definition) is 2. The number of methoxy groups -OCH3 is 1. The Kier molecular flexibility index (Phi) is 7.06. The monoisotopic (exact) mass is 250 g/mol. The summed E-state index contributed by atoms with van der Waals surface area (Å²) in [5.41, 5.74) is 2.25. The van der Waals surface area contributed by atoms with Crippen LogP contribution in [0, 0.1) is 0 Å². The number of benzene rings is 1. The van der Waals surface area contributed by atoms with Gasteiger partial charge in [-0.05, 0) is 31.1 Å². The van der Waals surface area contributed by atoms with Crippen LogP contribution in [0.25, 0.3) is 0 Å². The smallest absolute Gasteiger partial charge is 0.220 e. The molecule has 0 fully saturated rings. The molecule has 0 atom stereocenters. The topological polar surface area (TPSA) is 50.4 Å². The van der Waals surface area contributed by atoms with Crippen molar-refractivity contribution in [3.8, 4) is 0 Å². The minimum atomic E-state index is 0.103. The second kappa shape index (κ2) is 8.66. The summed E-state index contributed by atoms with van der Waals surface area (Å²) in [6, 6.07) is 8.07. The van der Waals surface area contributed by atoms with E-state index in [-0.39, 0.29) is 5.91 Å². The lowest BCUT2D eigenvalue weighted by atomic mass is 10.1. The Morgan fingerprint density at radius 2 is 1.89 bits per heavy atom. The van der Waals surface area contributed by atoms with E-state index in [0.29, 0.717) is 19.6 Å². The van der Waals surface area contributed by atoms with Crippen LogP contribution in [0.3, 0.4) is 0 Å². The van der Waals surface area contributed by atoms with Crippen molar-refractivity contribution < 1.29 is 9.53 Å². The highest BCUT2D eigenvalue weighted by molar-refractivity contribution is 5.75. The van der Waals surface area contributed by atoms with Gasteiger partial charge in [0.25, 0.3) is 0 Å². The molecule has 0 aliphatic rings. The van der Waals surface area contributed by atoms with Gasteiger partial charge in [-0.3, -0.25) is 4.79 Å². The van der Waals surface area contributed by atoms with E-state index in [9.17, 15) is 4.79 Å². The van der Waals surface area contributed by atoms with Crippen LogP contribution in [-0.2, 0) is 22.7 Å². The third-order valence-electron chi connectivity index (χ3n) is 2.65. The van der Waals surface area contributed by atoms with Gasteiger partial charge in [-0.1, -0.05) is 24.3 Å². The first-order valence-electron chi connectivity index (χ1n) is 6.24. The van der Waals surface area contributed by atoms with Crippen LogP contribution < -0.4 is 10.6 Å². The molecule has 4 heteroatoms. The Labute approximate surface area is 109 Å². The van der Waals surface area contributed by atoms with Crippen LogP contribution in [0.2, 0.25) is 0 Å². The maximum atomic E-state index is 11.5. The SMILES string of the molecule is CNCCCC(=O)NCc1ccc(COC)cc1. The van der Waals surface area contributed by atoms with E-state index >= 15 is 0 Å². The van der Waals surface area contributed by atoms with E-state index in [2.05, 4.69) is 10.6 Å². The summed E-state index contributed by atoms with van der Waals surface area (Å²) >= 11 is 0. The van der Waals surface area contributed by atoms with Crippen LogP contribution in [0.1, 0.15) is 24.0 Å². The van der Waals surface area contributed by atoms with Gasteiger partial charge < -0.3 is 15.4 Å². The first-order chi connectivity index (χ1) is 8.76. The highest BCUT2D eigenvalue weighted by Gasteiger charge is 2.01. The van der Waals surface area contributed by atoms with Gasteiger partial charge in [0, 0.05) is 20.1 Å². The van der Waals surface area contributed by atoms with Crippen LogP contribution in [-0.4, -0.2) is 26.6 Å². The van der Waals surface area contributed by atoms with Crippen molar-refractivity contribution in [1.82, 2.24) is 10.6 Å². The predicted octanol–water partition coefficient (Wildman–Crippen LogP) is 1.45. The third-order valence-corrected chi connectivity index (χ3v) is 2.65. The lowest BCUT2D eigenvalue weighted by Crippen LogP contribution is -2.23. The summed E-state index contributed by atoms with van der Waals surface area (Å²) in [5, 5.41) is 5.93. The van der Waals surface area contributed by atoms with Gasteiger partial charge in [-0.15, -0.1) is 0 Å². The molecule has 1 amide bonds. The number of hydrogen-bond acceptors (Lipinski definition) is 3. The molecule has 1 aromatic carbocycles. The molecule has 0 radical (unpaired) electrons. The van der Waals surface area contributed by atoms with Crippen LogP contribution in [0.4, 0.5) is 0 Å². The van der Waals surface area contributed by atoms with E-state index in [1.54, 1.807) is 7.11 Å². The molecule has 0 saturated heterocycles.